The quantitative estimate of drug-likeness (QED) is 0.789. The Balaban J connectivity index is 1.77. The Kier molecular flexibility index (Phi) is 5.11. The van der Waals surface area contributed by atoms with Crippen LogP contribution in [-0.4, -0.2) is 34.0 Å². The van der Waals surface area contributed by atoms with Crippen molar-refractivity contribution in [1.29, 1.82) is 0 Å². The Hall–Kier alpha value is -2.77. The van der Waals surface area contributed by atoms with Crippen LogP contribution in [0.5, 0.6) is 0 Å². The summed E-state index contributed by atoms with van der Waals surface area (Å²) in [5.74, 6) is 0.0947. The SMILES string of the molecule is CCOC(=O)C1=C(C)N=C2S/C(=C/c3ccccc3)C(O)N2C1c1ccco1. The molecule has 1 N–H and O–H groups in total. The monoisotopic (exact) mass is 396 g/mol. The van der Waals surface area contributed by atoms with E-state index in [9.17, 15) is 9.90 Å². The van der Waals surface area contributed by atoms with Crippen LogP contribution in [-0.2, 0) is 9.53 Å². The molecule has 1 fully saturated rings. The Bertz CT molecular complexity index is 964. The van der Waals surface area contributed by atoms with Crippen molar-refractivity contribution in [3.63, 3.8) is 0 Å². The van der Waals surface area contributed by atoms with Gasteiger partial charge in [-0.25, -0.2) is 9.79 Å². The van der Waals surface area contributed by atoms with Crippen LogP contribution in [0.25, 0.3) is 6.08 Å². The van der Waals surface area contributed by atoms with Crippen molar-refractivity contribution in [2.75, 3.05) is 6.61 Å². The standard InChI is InChI=1S/C21H20N2O4S/c1-3-26-20(25)17-13(2)22-21-23(18(17)15-10-7-11-27-15)19(24)16(28-21)12-14-8-5-4-6-9-14/h4-12,18-19,24H,3H2,1-2H3/b16-12+. The molecule has 0 radical (unpaired) electrons. The summed E-state index contributed by atoms with van der Waals surface area (Å²) >= 11 is 1.39. The molecular weight excluding hydrogens is 376 g/mol. The number of furan rings is 1. The summed E-state index contributed by atoms with van der Waals surface area (Å²) in [6, 6.07) is 12.7. The lowest BCUT2D eigenvalue weighted by molar-refractivity contribution is -0.139. The van der Waals surface area contributed by atoms with E-state index in [0.29, 0.717) is 22.2 Å². The van der Waals surface area contributed by atoms with Crippen molar-refractivity contribution >= 4 is 29.0 Å². The minimum Gasteiger partial charge on any atom is -0.467 e. The third-order valence-electron chi connectivity index (χ3n) is 4.57. The molecule has 2 unspecified atom stereocenters. The first kappa shape index (κ1) is 18.6. The highest BCUT2D eigenvalue weighted by Gasteiger charge is 2.46. The lowest BCUT2D eigenvalue weighted by Crippen LogP contribution is -2.41. The number of aliphatic hydroxyl groups excluding tert-OH is 1. The summed E-state index contributed by atoms with van der Waals surface area (Å²) in [6.07, 6.45) is 2.53. The summed E-state index contributed by atoms with van der Waals surface area (Å²) < 4.78 is 10.9. The highest BCUT2D eigenvalue weighted by atomic mass is 32.2. The molecule has 28 heavy (non-hydrogen) atoms. The number of esters is 1. The maximum Gasteiger partial charge on any atom is 0.338 e. The van der Waals surface area contributed by atoms with Crippen molar-refractivity contribution in [2.24, 2.45) is 4.99 Å². The predicted octanol–water partition coefficient (Wildman–Crippen LogP) is 3.94. The Labute approximate surface area is 167 Å². The number of amidine groups is 1. The molecule has 7 heteroatoms. The number of carbonyl (C=O) groups is 1. The van der Waals surface area contributed by atoms with Gasteiger partial charge in [0.25, 0.3) is 0 Å². The number of aliphatic imine (C=N–C) groups is 1. The fourth-order valence-corrected chi connectivity index (χ4v) is 4.46. The molecule has 0 bridgehead atoms. The Morgan fingerprint density at radius 1 is 1.32 bits per heavy atom. The van der Waals surface area contributed by atoms with Gasteiger partial charge in [0.1, 0.15) is 11.8 Å². The zero-order chi connectivity index (χ0) is 19.7. The van der Waals surface area contributed by atoms with E-state index < -0.39 is 18.2 Å². The van der Waals surface area contributed by atoms with Crippen molar-refractivity contribution in [1.82, 2.24) is 4.90 Å². The van der Waals surface area contributed by atoms with Gasteiger partial charge in [-0.1, -0.05) is 42.1 Å². The van der Waals surface area contributed by atoms with E-state index >= 15 is 0 Å². The Morgan fingerprint density at radius 2 is 2.11 bits per heavy atom. The number of aliphatic hydroxyl groups is 1. The van der Waals surface area contributed by atoms with E-state index in [2.05, 4.69) is 4.99 Å². The van der Waals surface area contributed by atoms with E-state index in [4.69, 9.17) is 9.15 Å². The van der Waals surface area contributed by atoms with Crippen molar-refractivity contribution in [2.45, 2.75) is 26.1 Å². The van der Waals surface area contributed by atoms with Gasteiger partial charge < -0.3 is 19.2 Å². The maximum absolute atomic E-state index is 12.7. The number of fused-ring (bicyclic) bond motifs is 1. The number of allylic oxidation sites excluding steroid dienone is 1. The van der Waals surface area contributed by atoms with Crippen LogP contribution in [0.3, 0.4) is 0 Å². The highest BCUT2D eigenvalue weighted by Crippen LogP contribution is 2.47. The molecule has 3 heterocycles. The summed E-state index contributed by atoms with van der Waals surface area (Å²) in [5, 5.41) is 11.7. The Morgan fingerprint density at radius 3 is 2.79 bits per heavy atom. The molecule has 2 aromatic rings. The normalized spacial score (nSPS) is 23.0. The predicted molar refractivity (Wildman–Crippen MR) is 108 cm³/mol. The molecule has 1 saturated heterocycles. The summed E-state index contributed by atoms with van der Waals surface area (Å²) in [7, 11) is 0. The van der Waals surface area contributed by atoms with Crippen LogP contribution in [0.2, 0.25) is 0 Å². The lowest BCUT2D eigenvalue weighted by Gasteiger charge is -2.34. The van der Waals surface area contributed by atoms with Crippen LogP contribution in [0.1, 0.15) is 31.2 Å². The smallest absolute Gasteiger partial charge is 0.338 e. The van der Waals surface area contributed by atoms with Crippen molar-refractivity contribution in [3.8, 4) is 0 Å². The van der Waals surface area contributed by atoms with Gasteiger partial charge in [0.2, 0.25) is 0 Å². The number of thioether (sulfide) groups is 1. The minimum absolute atomic E-state index is 0.257. The second kappa shape index (κ2) is 7.69. The third kappa shape index (κ3) is 3.27. The highest BCUT2D eigenvalue weighted by molar-refractivity contribution is 8.17. The number of hydrogen-bond acceptors (Lipinski definition) is 7. The van der Waals surface area contributed by atoms with Gasteiger partial charge in [-0.15, -0.1) is 0 Å². The first-order valence-corrected chi connectivity index (χ1v) is 9.82. The molecule has 4 rings (SSSR count). The molecule has 0 spiro atoms. The first-order chi connectivity index (χ1) is 13.6. The molecule has 0 saturated carbocycles. The fraction of sp³-hybridized carbons (Fsp3) is 0.238. The van der Waals surface area contributed by atoms with Gasteiger partial charge in [0, 0.05) is 4.91 Å². The minimum atomic E-state index is -0.948. The number of hydrogen-bond donors (Lipinski definition) is 1. The second-order valence-corrected chi connectivity index (χ2v) is 7.41. The molecule has 0 amide bonds. The number of rotatable bonds is 4. The molecule has 1 aromatic heterocycles. The molecular formula is C21H20N2O4S. The zero-order valence-electron chi connectivity index (χ0n) is 15.5. The van der Waals surface area contributed by atoms with Crippen molar-refractivity contribution in [3.05, 3.63) is 76.2 Å². The maximum atomic E-state index is 12.7. The van der Waals surface area contributed by atoms with Gasteiger partial charge in [-0.3, -0.25) is 0 Å². The van der Waals surface area contributed by atoms with Gasteiger partial charge in [0.05, 0.1) is 24.1 Å². The van der Waals surface area contributed by atoms with E-state index in [-0.39, 0.29) is 6.61 Å². The lowest BCUT2D eigenvalue weighted by atomic mass is 9.99. The number of carbonyl (C=O) groups excluding carboxylic acids is 1. The largest absolute Gasteiger partial charge is 0.467 e. The molecule has 2 atom stereocenters. The number of ether oxygens (including phenoxy) is 1. The molecule has 1 aromatic carbocycles. The summed E-state index contributed by atoms with van der Waals surface area (Å²) in [4.78, 5) is 19.7. The van der Waals surface area contributed by atoms with Crippen molar-refractivity contribution < 1.29 is 19.1 Å². The summed E-state index contributed by atoms with van der Waals surface area (Å²) in [5.41, 5.74) is 1.92. The van der Waals surface area contributed by atoms with Crippen LogP contribution in [0.15, 0.2) is 74.3 Å². The summed E-state index contributed by atoms with van der Waals surface area (Å²) in [6.45, 7) is 3.79. The molecule has 2 aliphatic heterocycles. The number of nitrogens with zero attached hydrogens (tertiary/aromatic N) is 2. The fourth-order valence-electron chi connectivity index (χ4n) is 3.34. The average molecular weight is 396 g/mol. The zero-order valence-corrected chi connectivity index (χ0v) is 16.3. The molecule has 6 nitrogen and oxygen atoms in total. The number of benzene rings is 1. The van der Waals surface area contributed by atoms with Gasteiger partial charge in [-0.2, -0.15) is 0 Å². The topological polar surface area (TPSA) is 75.3 Å². The van der Waals surface area contributed by atoms with Gasteiger partial charge in [-0.05, 0) is 37.6 Å². The van der Waals surface area contributed by atoms with Crippen LogP contribution < -0.4 is 0 Å². The first-order valence-electron chi connectivity index (χ1n) is 9.01. The van der Waals surface area contributed by atoms with E-state index in [0.717, 1.165) is 10.5 Å². The van der Waals surface area contributed by atoms with E-state index in [1.54, 1.807) is 37.1 Å². The van der Waals surface area contributed by atoms with Crippen LogP contribution in [0, 0.1) is 0 Å². The van der Waals surface area contributed by atoms with E-state index in [1.807, 2.05) is 36.4 Å². The third-order valence-corrected chi connectivity index (χ3v) is 5.62. The van der Waals surface area contributed by atoms with Gasteiger partial charge >= 0.3 is 5.97 Å². The average Bonchev–Trinajstić information content (AvgIpc) is 3.31. The van der Waals surface area contributed by atoms with E-state index in [1.165, 1.54) is 11.8 Å². The van der Waals surface area contributed by atoms with Crippen LogP contribution >= 0.6 is 11.8 Å². The van der Waals surface area contributed by atoms with Gasteiger partial charge in [0.15, 0.2) is 11.4 Å². The second-order valence-electron chi connectivity index (χ2n) is 6.37. The molecule has 144 valence electrons. The molecule has 0 aliphatic carbocycles. The van der Waals surface area contributed by atoms with Crippen LogP contribution in [0.4, 0.5) is 0 Å². The molecule has 2 aliphatic rings.